The van der Waals surface area contributed by atoms with Crippen LogP contribution in [0.15, 0.2) is 4.79 Å². The molecule has 1 aromatic rings. The van der Waals surface area contributed by atoms with Crippen LogP contribution in [0.4, 0.5) is 0 Å². The summed E-state index contributed by atoms with van der Waals surface area (Å²) < 4.78 is 0. The lowest BCUT2D eigenvalue weighted by Gasteiger charge is -1.98. The molecule has 66 valence electrons. The minimum atomic E-state index is -0.375. The molecule has 0 aliphatic carbocycles. The first-order valence-electron chi connectivity index (χ1n) is 3.59. The molecular formula is C7H8Cl2N2O. The fourth-order valence-electron chi connectivity index (χ4n) is 0.830. The van der Waals surface area contributed by atoms with Crippen molar-refractivity contribution < 1.29 is 0 Å². The van der Waals surface area contributed by atoms with Crippen LogP contribution in [0.3, 0.4) is 0 Å². The number of aromatic amines is 1. The molecule has 0 aromatic carbocycles. The molecule has 0 spiro atoms. The second-order valence-electron chi connectivity index (χ2n) is 2.37. The monoisotopic (exact) mass is 206 g/mol. The van der Waals surface area contributed by atoms with Gasteiger partial charge in [0.25, 0.3) is 5.56 Å². The van der Waals surface area contributed by atoms with E-state index in [0.29, 0.717) is 12.2 Å². The molecule has 0 aliphatic rings. The molecule has 1 heterocycles. The van der Waals surface area contributed by atoms with Crippen LogP contribution in [0.2, 0.25) is 10.2 Å². The highest BCUT2D eigenvalue weighted by atomic mass is 35.5. The predicted molar refractivity (Wildman–Crippen MR) is 48.9 cm³/mol. The number of hydrogen-bond donors (Lipinski definition) is 1. The molecule has 0 fully saturated rings. The summed E-state index contributed by atoms with van der Waals surface area (Å²) in [5, 5.41) is 0.0281. The SMILES string of the molecule is CCCc1nc(Cl)c(Cl)c(=O)[nH]1. The summed E-state index contributed by atoms with van der Waals surface area (Å²) >= 11 is 11.1. The molecule has 12 heavy (non-hydrogen) atoms. The lowest BCUT2D eigenvalue weighted by molar-refractivity contribution is 0.826. The van der Waals surface area contributed by atoms with Gasteiger partial charge in [0.15, 0.2) is 5.15 Å². The molecule has 0 amide bonds. The molecule has 1 rings (SSSR count). The third-order valence-electron chi connectivity index (χ3n) is 1.36. The minimum Gasteiger partial charge on any atom is -0.309 e. The van der Waals surface area contributed by atoms with E-state index in [2.05, 4.69) is 9.97 Å². The van der Waals surface area contributed by atoms with Crippen LogP contribution < -0.4 is 5.56 Å². The molecule has 0 radical (unpaired) electrons. The maximum atomic E-state index is 11.0. The molecular weight excluding hydrogens is 199 g/mol. The molecule has 5 heteroatoms. The maximum Gasteiger partial charge on any atom is 0.271 e. The van der Waals surface area contributed by atoms with E-state index in [1.165, 1.54) is 0 Å². The van der Waals surface area contributed by atoms with Crippen molar-refractivity contribution in [1.29, 1.82) is 0 Å². The highest BCUT2D eigenvalue weighted by molar-refractivity contribution is 6.40. The van der Waals surface area contributed by atoms with Gasteiger partial charge < -0.3 is 4.98 Å². The van der Waals surface area contributed by atoms with Crippen molar-refractivity contribution in [2.75, 3.05) is 0 Å². The highest BCUT2D eigenvalue weighted by Crippen LogP contribution is 2.13. The van der Waals surface area contributed by atoms with Gasteiger partial charge in [-0.1, -0.05) is 30.1 Å². The Labute approximate surface area is 79.7 Å². The second kappa shape index (κ2) is 3.92. The smallest absolute Gasteiger partial charge is 0.271 e. The van der Waals surface area contributed by atoms with Crippen LogP contribution in [-0.4, -0.2) is 9.97 Å². The van der Waals surface area contributed by atoms with E-state index in [1.54, 1.807) is 0 Å². The van der Waals surface area contributed by atoms with Gasteiger partial charge in [-0.15, -0.1) is 0 Å². The number of nitrogens with zero attached hydrogens (tertiary/aromatic N) is 1. The van der Waals surface area contributed by atoms with E-state index < -0.39 is 0 Å². The van der Waals surface area contributed by atoms with Crippen molar-refractivity contribution in [3.05, 3.63) is 26.4 Å². The number of halogens is 2. The zero-order valence-corrected chi connectivity index (χ0v) is 8.04. The first kappa shape index (κ1) is 9.55. The summed E-state index contributed by atoms with van der Waals surface area (Å²) in [6.07, 6.45) is 1.60. The van der Waals surface area contributed by atoms with Crippen LogP contribution in [0, 0.1) is 0 Å². The van der Waals surface area contributed by atoms with E-state index in [0.717, 1.165) is 6.42 Å². The van der Waals surface area contributed by atoms with Crippen LogP contribution in [-0.2, 0) is 6.42 Å². The van der Waals surface area contributed by atoms with Gasteiger partial charge >= 0.3 is 0 Å². The molecule has 0 bridgehead atoms. The fourth-order valence-corrected chi connectivity index (χ4v) is 1.11. The van der Waals surface area contributed by atoms with E-state index in [4.69, 9.17) is 23.2 Å². The van der Waals surface area contributed by atoms with Crippen molar-refractivity contribution in [2.24, 2.45) is 0 Å². The topological polar surface area (TPSA) is 45.8 Å². The zero-order valence-electron chi connectivity index (χ0n) is 6.53. The maximum absolute atomic E-state index is 11.0. The van der Waals surface area contributed by atoms with E-state index >= 15 is 0 Å². The van der Waals surface area contributed by atoms with Gasteiger partial charge in [-0.25, -0.2) is 4.98 Å². The first-order chi connectivity index (χ1) is 5.65. The number of rotatable bonds is 2. The van der Waals surface area contributed by atoms with E-state index in [-0.39, 0.29) is 15.7 Å². The van der Waals surface area contributed by atoms with Crippen LogP contribution in [0.5, 0.6) is 0 Å². The number of hydrogen-bond acceptors (Lipinski definition) is 2. The average molecular weight is 207 g/mol. The molecule has 0 saturated heterocycles. The Morgan fingerprint density at radius 1 is 1.50 bits per heavy atom. The summed E-state index contributed by atoms with van der Waals surface area (Å²) in [6, 6.07) is 0. The van der Waals surface area contributed by atoms with Crippen molar-refractivity contribution in [2.45, 2.75) is 19.8 Å². The summed E-state index contributed by atoms with van der Waals surface area (Å²) in [5.41, 5.74) is -0.375. The van der Waals surface area contributed by atoms with Crippen LogP contribution >= 0.6 is 23.2 Å². The van der Waals surface area contributed by atoms with Gasteiger partial charge in [-0.2, -0.15) is 0 Å². The van der Waals surface area contributed by atoms with Gasteiger partial charge in [0, 0.05) is 6.42 Å². The number of aryl methyl sites for hydroxylation is 1. The van der Waals surface area contributed by atoms with Crippen molar-refractivity contribution in [1.82, 2.24) is 9.97 Å². The zero-order chi connectivity index (χ0) is 9.14. The van der Waals surface area contributed by atoms with E-state index in [9.17, 15) is 4.79 Å². The minimum absolute atomic E-state index is 0.0449. The molecule has 0 saturated carbocycles. The first-order valence-corrected chi connectivity index (χ1v) is 4.35. The standard InChI is InChI=1S/C7H8Cl2N2O/c1-2-3-4-10-6(9)5(8)7(12)11-4/h2-3H2,1H3,(H,10,11,12). The Bertz CT molecular complexity index is 335. The van der Waals surface area contributed by atoms with Crippen molar-refractivity contribution in [3.63, 3.8) is 0 Å². The lowest BCUT2D eigenvalue weighted by atomic mass is 10.3. The molecule has 0 atom stereocenters. The van der Waals surface area contributed by atoms with Crippen LogP contribution in [0.1, 0.15) is 19.2 Å². The van der Waals surface area contributed by atoms with Crippen molar-refractivity contribution >= 4 is 23.2 Å². The largest absolute Gasteiger partial charge is 0.309 e. The quantitative estimate of drug-likeness (QED) is 0.754. The molecule has 1 aromatic heterocycles. The number of aromatic nitrogens is 2. The summed E-state index contributed by atoms with van der Waals surface area (Å²) in [6.45, 7) is 1.99. The Balaban J connectivity index is 3.13. The molecule has 0 aliphatic heterocycles. The van der Waals surface area contributed by atoms with Gasteiger partial charge in [-0.3, -0.25) is 4.79 Å². The Morgan fingerprint density at radius 2 is 2.17 bits per heavy atom. The predicted octanol–water partition coefficient (Wildman–Crippen LogP) is 2.03. The van der Waals surface area contributed by atoms with Gasteiger partial charge in [-0.05, 0) is 6.42 Å². The molecule has 0 unspecified atom stereocenters. The summed E-state index contributed by atoms with van der Waals surface area (Å²) in [4.78, 5) is 17.5. The van der Waals surface area contributed by atoms with Gasteiger partial charge in [0.2, 0.25) is 0 Å². The fraction of sp³-hybridized carbons (Fsp3) is 0.429. The Morgan fingerprint density at radius 3 is 2.67 bits per heavy atom. The van der Waals surface area contributed by atoms with E-state index in [1.807, 2.05) is 6.92 Å². The second-order valence-corrected chi connectivity index (χ2v) is 3.10. The number of nitrogens with one attached hydrogen (secondary N) is 1. The Kier molecular flexibility index (Phi) is 3.12. The Hall–Kier alpha value is -0.540. The molecule has 1 N–H and O–H groups in total. The third-order valence-corrected chi connectivity index (χ3v) is 2.08. The average Bonchev–Trinajstić information content (AvgIpc) is 2.01. The molecule has 3 nitrogen and oxygen atoms in total. The summed E-state index contributed by atoms with van der Waals surface area (Å²) in [7, 11) is 0. The van der Waals surface area contributed by atoms with Gasteiger partial charge in [0.05, 0.1) is 0 Å². The summed E-state index contributed by atoms with van der Waals surface area (Å²) in [5.74, 6) is 0.580. The van der Waals surface area contributed by atoms with Crippen LogP contribution in [0.25, 0.3) is 0 Å². The lowest BCUT2D eigenvalue weighted by Crippen LogP contribution is -2.12. The normalized spacial score (nSPS) is 10.2. The van der Waals surface area contributed by atoms with Crippen molar-refractivity contribution in [3.8, 4) is 0 Å². The number of H-pyrrole nitrogens is 1. The van der Waals surface area contributed by atoms with Gasteiger partial charge in [0.1, 0.15) is 10.8 Å². The highest BCUT2D eigenvalue weighted by Gasteiger charge is 2.05. The third kappa shape index (κ3) is 1.99.